The number of fused-ring (bicyclic) bond motifs is 2. The molecule has 166 valence electrons. The summed E-state index contributed by atoms with van der Waals surface area (Å²) in [6, 6.07) is 8.42. The Bertz CT molecular complexity index is 1400. The first kappa shape index (κ1) is 19.4. The number of hydrogen-bond acceptors (Lipinski definition) is 8. The lowest BCUT2D eigenvalue weighted by Gasteiger charge is -2.27. The van der Waals surface area contributed by atoms with Crippen LogP contribution < -0.4 is 20.1 Å². The average Bonchev–Trinajstić information content (AvgIpc) is 3.42. The lowest BCUT2D eigenvalue weighted by atomic mass is 9.93. The fourth-order valence-electron chi connectivity index (χ4n) is 4.22. The van der Waals surface area contributed by atoms with Crippen LogP contribution in [-0.2, 0) is 7.05 Å². The monoisotopic (exact) mass is 442 g/mol. The predicted octanol–water partition coefficient (Wildman–Crippen LogP) is 3.71. The van der Waals surface area contributed by atoms with Crippen LogP contribution in [0.3, 0.4) is 0 Å². The first-order valence-corrected chi connectivity index (χ1v) is 10.9. The third-order valence-electron chi connectivity index (χ3n) is 6.13. The summed E-state index contributed by atoms with van der Waals surface area (Å²) in [5.41, 5.74) is 3.67. The molecule has 2 aliphatic rings. The topological polar surface area (TPSA) is 126 Å². The molecule has 0 radical (unpaired) electrons. The van der Waals surface area contributed by atoms with E-state index in [1.54, 1.807) is 17.1 Å². The molecule has 1 aromatic carbocycles. The van der Waals surface area contributed by atoms with Crippen molar-refractivity contribution in [2.45, 2.75) is 25.3 Å². The van der Waals surface area contributed by atoms with Crippen LogP contribution in [0.15, 0.2) is 30.6 Å². The van der Waals surface area contributed by atoms with Gasteiger partial charge in [-0.3, -0.25) is 4.68 Å². The van der Waals surface area contributed by atoms with E-state index in [0.29, 0.717) is 64.8 Å². The Balaban J connectivity index is 1.41. The van der Waals surface area contributed by atoms with Gasteiger partial charge >= 0.3 is 0 Å². The molecule has 1 aliphatic carbocycles. The van der Waals surface area contributed by atoms with Gasteiger partial charge in [0.25, 0.3) is 0 Å². The average molecular weight is 442 g/mol. The number of anilines is 3. The molecule has 0 bridgehead atoms. The van der Waals surface area contributed by atoms with Gasteiger partial charge in [-0.25, -0.2) is 0 Å². The van der Waals surface area contributed by atoms with Crippen molar-refractivity contribution in [2.24, 2.45) is 7.05 Å². The Morgan fingerprint density at radius 3 is 2.73 bits per heavy atom. The van der Waals surface area contributed by atoms with E-state index in [0.717, 1.165) is 24.1 Å². The van der Waals surface area contributed by atoms with E-state index in [9.17, 15) is 5.26 Å². The molecule has 3 N–H and O–H groups in total. The number of rotatable bonds is 5. The number of nitrogens with one attached hydrogen (secondary N) is 3. The second kappa shape index (κ2) is 7.70. The predicted molar refractivity (Wildman–Crippen MR) is 123 cm³/mol. The fourth-order valence-corrected chi connectivity index (χ4v) is 4.22. The van der Waals surface area contributed by atoms with E-state index >= 15 is 0 Å². The second-order valence-corrected chi connectivity index (χ2v) is 8.19. The van der Waals surface area contributed by atoms with E-state index < -0.39 is 0 Å². The number of benzene rings is 1. The Hall–Kier alpha value is -4.26. The highest BCUT2D eigenvalue weighted by molar-refractivity contribution is 5.94. The van der Waals surface area contributed by atoms with Crippen molar-refractivity contribution >= 4 is 28.5 Å². The number of hydrogen-bond donors (Lipinski definition) is 3. The molecule has 1 fully saturated rings. The van der Waals surface area contributed by atoms with Gasteiger partial charge < -0.3 is 25.1 Å². The Kier molecular flexibility index (Phi) is 4.54. The minimum Gasteiger partial charge on any atom is -0.485 e. The van der Waals surface area contributed by atoms with Gasteiger partial charge in [-0.1, -0.05) is 0 Å². The van der Waals surface area contributed by atoms with Crippen LogP contribution in [0.4, 0.5) is 17.5 Å². The van der Waals surface area contributed by atoms with E-state index in [1.807, 2.05) is 25.2 Å². The van der Waals surface area contributed by atoms with Gasteiger partial charge in [0, 0.05) is 31.0 Å². The summed E-state index contributed by atoms with van der Waals surface area (Å²) in [6.07, 6.45) is 6.80. The highest BCUT2D eigenvalue weighted by Crippen LogP contribution is 2.45. The molecule has 0 amide bonds. The first-order chi connectivity index (χ1) is 16.2. The molecule has 1 aliphatic heterocycles. The molecule has 0 saturated heterocycles. The van der Waals surface area contributed by atoms with Gasteiger partial charge in [-0.15, -0.1) is 0 Å². The molecule has 0 atom stereocenters. The van der Waals surface area contributed by atoms with Gasteiger partial charge in [-0.2, -0.15) is 20.3 Å². The lowest BCUT2D eigenvalue weighted by molar-refractivity contribution is 0.173. The Labute approximate surface area is 189 Å². The van der Waals surface area contributed by atoms with Gasteiger partial charge in [0.15, 0.2) is 11.5 Å². The largest absolute Gasteiger partial charge is 0.485 e. The van der Waals surface area contributed by atoms with E-state index in [1.165, 1.54) is 6.42 Å². The summed E-state index contributed by atoms with van der Waals surface area (Å²) < 4.78 is 13.8. The van der Waals surface area contributed by atoms with Crippen molar-refractivity contribution in [1.29, 1.82) is 5.26 Å². The molecule has 0 spiro atoms. The van der Waals surface area contributed by atoms with Crippen molar-refractivity contribution in [3.05, 3.63) is 36.2 Å². The van der Waals surface area contributed by atoms with Crippen molar-refractivity contribution in [2.75, 3.05) is 23.8 Å². The van der Waals surface area contributed by atoms with Crippen molar-refractivity contribution in [3.63, 3.8) is 0 Å². The molecular weight excluding hydrogens is 420 g/mol. The standard InChI is InChI=1S/C23H22N8O2/c1-31-17(7-8-26-31)15-5-6-16(20-19(15)32-9-10-33-20)28-23-29-21-18(13(11-24)12-25-21)22(30-23)27-14-3-2-4-14/h5-8,12,14H,2-4,9-10H2,1H3,(H3,25,27,28,29,30). The maximum absolute atomic E-state index is 9.51. The zero-order chi connectivity index (χ0) is 22.4. The fraction of sp³-hybridized carbons (Fsp3) is 0.304. The first-order valence-electron chi connectivity index (χ1n) is 10.9. The van der Waals surface area contributed by atoms with Crippen LogP contribution in [0.1, 0.15) is 24.8 Å². The SMILES string of the molecule is Cn1nccc1-c1ccc(Nc2nc(NC3CCC3)c3c(C#N)c[nH]c3n2)c2c1OCCO2. The quantitative estimate of drug-likeness (QED) is 0.427. The van der Waals surface area contributed by atoms with Crippen LogP contribution in [0, 0.1) is 11.3 Å². The minimum absolute atomic E-state index is 0.361. The number of H-pyrrole nitrogens is 1. The number of aryl methyl sites for hydroxylation is 1. The zero-order valence-corrected chi connectivity index (χ0v) is 18.1. The van der Waals surface area contributed by atoms with Crippen LogP contribution >= 0.6 is 0 Å². The maximum atomic E-state index is 9.51. The summed E-state index contributed by atoms with van der Waals surface area (Å²) in [5.74, 6) is 2.33. The molecule has 6 rings (SSSR count). The number of aromatic amines is 1. The van der Waals surface area contributed by atoms with Crippen LogP contribution in [0.25, 0.3) is 22.3 Å². The molecule has 10 heteroatoms. The van der Waals surface area contributed by atoms with E-state index in [4.69, 9.17) is 14.5 Å². The molecular formula is C23H22N8O2. The molecule has 0 unspecified atom stereocenters. The summed E-state index contributed by atoms with van der Waals surface area (Å²) in [6.45, 7) is 0.922. The van der Waals surface area contributed by atoms with E-state index in [-0.39, 0.29) is 0 Å². The Morgan fingerprint density at radius 2 is 2.00 bits per heavy atom. The number of nitrogens with zero attached hydrogens (tertiary/aromatic N) is 5. The van der Waals surface area contributed by atoms with Crippen LogP contribution in [0.5, 0.6) is 11.5 Å². The lowest BCUT2D eigenvalue weighted by Crippen LogP contribution is -2.27. The van der Waals surface area contributed by atoms with Crippen molar-refractivity contribution < 1.29 is 9.47 Å². The van der Waals surface area contributed by atoms with Gasteiger partial charge in [0.1, 0.15) is 30.7 Å². The molecule has 3 aromatic heterocycles. The van der Waals surface area contributed by atoms with E-state index in [2.05, 4.69) is 31.8 Å². The Morgan fingerprint density at radius 1 is 1.15 bits per heavy atom. The van der Waals surface area contributed by atoms with Gasteiger partial charge in [0.05, 0.1) is 22.3 Å². The highest BCUT2D eigenvalue weighted by atomic mass is 16.6. The third-order valence-corrected chi connectivity index (χ3v) is 6.13. The summed E-state index contributed by atoms with van der Waals surface area (Å²) in [7, 11) is 1.89. The van der Waals surface area contributed by atoms with Gasteiger partial charge in [-0.05, 0) is 37.5 Å². The molecule has 10 nitrogen and oxygen atoms in total. The molecule has 4 heterocycles. The number of ether oxygens (including phenoxy) is 2. The minimum atomic E-state index is 0.361. The van der Waals surface area contributed by atoms with Crippen molar-refractivity contribution in [1.82, 2.24) is 24.7 Å². The normalized spacial score (nSPS) is 15.2. The third kappa shape index (κ3) is 3.29. The van der Waals surface area contributed by atoms with Gasteiger partial charge in [0.2, 0.25) is 5.95 Å². The summed E-state index contributed by atoms with van der Waals surface area (Å²) in [5, 5.41) is 21.3. The number of nitriles is 1. The maximum Gasteiger partial charge on any atom is 0.231 e. The number of aromatic nitrogens is 5. The van der Waals surface area contributed by atoms with Crippen LogP contribution in [-0.4, -0.2) is 44.0 Å². The zero-order valence-electron chi connectivity index (χ0n) is 18.1. The summed E-state index contributed by atoms with van der Waals surface area (Å²) in [4.78, 5) is 12.4. The highest BCUT2D eigenvalue weighted by Gasteiger charge is 2.25. The van der Waals surface area contributed by atoms with Crippen LogP contribution in [0.2, 0.25) is 0 Å². The van der Waals surface area contributed by atoms with Crippen molar-refractivity contribution in [3.8, 4) is 28.8 Å². The smallest absolute Gasteiger partial charge is 0.231 e. The molecule has 1 saturated carbocycles. The molecule has 4 aromatic rings. The summed E-state index contributed by atoms with van der Waals surface area (Å²) >= 11 is 0. The molecule has 33 heavy (non-hydrogen) atoms. The second-order valence-electron chi connectivity index (χ2n) is 8.19.